The van der Waals surface area contributed by atoms with Gasteiger partial charge in [0.1, 0.15) is 5.82 Å². The molecule has 11 heteroatoms. The van der Waals surface area contributed by atoms with Gasteiger partial charge >= 0.3 is 12.4 Å². The van der Waals surface area contributed by atoms with Crippen molar-refractivity contribution in [2.75, 3.05) is 13.6 Å². The standard InChI is InChI=1S/C27H29F7N2O2/c1-15(17-11-18(26(29,30)31)13-19(12-17)27(32,33)34)38-23-10-9-22(25(23)16-3-5-20(28)6-4-16)36(2)14-24(37)35-21-7-8-21/h3-6,11-13,15,21-23,25H,7-10,14H2,1-2H3,(H,35,37)/t15-,22?,23?,25?/m0/s1. The second kappa shape index (κ2) is 10.8. The molecule has 0 aromatic heterocycles. The van der Waals surface area contributed by atoms with Crippen LogP contribution < -0.4 is 5.32 Å². The molecule has 4 rings (SSSR count). The number of benzene rings is 2. The van der Waals surface area contributed by atoms with E-state index in [4.69, 9.17) is 4.74 Å². The highest BCUT2D eigenvalue weighted by Crippen LogP contribution is 2.43. The van der Waals surface area contributed by atoms with Crippen molar-refractivity contribution in [3.63, 3.8) is 0 Å². The fraction of sp³-hybridized carbons (Fsp3) is 0.519. The zero-order valence-electron chi connectivity index (χ0n) is 20.9. The summed E-state index contributed by atoms with van der Waals surface area (Å²) in [6, 6.07) is 7.16. The first-order valence-corrected chi connectivity index (χ1v) is 12.4. The number of nitrogens with zero attached hydrogens (tertiary/aromatic N) is 1. The molecule has 4 atom stereocenters. The molecule has 2 aromatic rings. The van der Waals surface area contributed by atoms with Gasteiger partial charge < -0.3 is 10.1 Å². The molecule has 38 heavy (non-hydrogen) atoms. The van der Waals surface area contributed by atoms with Crippen LogP contribution in [0.1, 0.15) is 66.9 Å². The number of rotatable bonds is 8. The maximum absolute atomic E-state index is 13.6. The van der Waals surface area contributed by atoms with Crippen molar-refractivity contribution in [2.24, 2.45) is 0 Å². The van der Waals surface area contributed by atoms with Crippen molar-refractivity contribution in [3.05, 3.63) is 70.5 Å². The van der Waals surface area contributed by atoms with E-state index in [9.17, 15) is 35.5 Å². The maximum atomic E-state index is 13.6. The molecular weight excluding hydrogens is 517 g/mol. The Hall–Kier alpha value is -2.66. The van der Waals surface area contributed by atoms with Crippen molar-refractivity contribution < 1.29 is 40.3 Å². The molecule has 0 spiro atoms. The van der Waals surface area contributed by atoms with Gasteiger partial charge in [0.05, 0.1) is 29.9 Å². The van der Waals surface area contributed by atoms with E-state index in [2.05, 4.69) is 5.32 Å². The van der Waals surface area contributed by atoms with Crippen molar-refractivity contribution >= 4 is 5.91 Å². The number of hydrogen-bond acceptors (Lipinski definition) is 3. The van der Waals surface area contributed by atoms with E-state index in [1.165, 1.54) is 19.1 Å². The summed E-state index contributed by atoms with van der Waals surface area (Å²) in [6.45, 7) is 1.53. The van der Waals surface area contributed by atoms with E-state index in [1.807, 2.05) is 4.90 Å². The summed E-state index contributed by atoms with van der Waals surface area (Å²) in [5.74, 6) is -0.964. The molecule has 2 aliphatic carbocycles. The van der Waals surface area contributed by atoms with E-state index < -0.39 is 41.5 Å². The van der Waals surface area contributed by atoms with Crippen molar-refractivity contribution in [2.45, 2.75) is 75.2 Å². The van der Waals surface area contributed by atoms with E-state index in [0.717, 1.165) is 12.8 Å². The molecule has 2 aliphatic rings. The molecule has 2 fully saturated rings. The molecule has 2 aromatic carbocycles. The lowest BCUT2D eigenvalue weighted by Crippen LogP contribution is -2.43. The fourth-order valence-corrected chi connectivity index (χ4v) is 5.11. The van der Waals surface area contributed by atoms with Gasteiger partial charge in [-0.3, -0.25) is 9.69 Å². The van der Waals surface area contributed by atoms with E-state index >= 15 is 0 Å². The Balaban J connectivity index is 1.59. The summed E-state index contributed by atoms with van der Waals surface area (Å²) in [7, 11) is 1.78. The second-order valence-corrected chi connectivity index (χ2v) is 10.1. The highest BCUT2D eigenvalue weighted by Gasteiger charge is 2.42. The van der Waals surface area contributed by atoms with Crippen LogP contribution in [0, 0.1) is 5.82 Å². The zero-order valence-corrected chi connectivity index (χ0v) is 20.9. The predicted octanol–water partition coefficient (Wildman–Crippen LogP) is 6.47. The van der Waals surface area contributed by atoms with Gasteiger partial charge in [0.25, 0.3) is 0 Å². The third-order valence-corrected chi connectivity index (χ3v) is 7.18. The van der Waals surface area contributed by atoms with Crippen LogP contribution in [0.5, 0.6) is 0 Å². The van der Waals surface area contributed by atoms with Crippen molar-refractivity contribution in [1.82, 2.24) is 10.2 Å². The van der Waals surface area contributed by atoms with Gasteiger partial charge in [0, 0.05) is 18.0 Å². The first-order valence-electron chi connectivity index (χ1n) is 12.4. The number of likely N-dealkylation sites (N-methyl/N-ethyl adjacent to an activating group) is 1. The third kappa shape index (κ3) is 6.85. The monoisotopic (exact) mass is 546 g/mol. The minimum absolute atomic E-state index is 0.0881. The Morgan fingerprint density at radius 3 is 2.08 bits per heavy atom. The zero-order chi connectivity index (χ0) is 27.8. The number of hydrogen-bond donors (Lipinski definition) is 1. The lowest BCUT2D eigenvalue weighted by atomic mass is 9.91. The second-order valence-electron chi connectivity index (χ2n) is 10.1. The van der Waals surface area contributed by atoms with Crippen LogP contribution in [0.2, 0.25) is 0 Å². The molecule has 0 saturated heterocycles. The molecule has 0 radical (unpaired) electrons. The van der Waals surface area contributed by atoms with Gasteiger partial charge in [-0.05, 0) is 81.1 Å². The lowest BCUT2D eigenvalue weighted by molar-refractivity contribution is -0.143. The summed E-state index contributed by atoms with van der Waals surface area (Å²) in [6.07, 6.45) is -8.69. The highest BCUT2D eigenvalue weighted by molar-refractivity contribution is 5.78. The van der Waals surface area contributed by atoms with Gasteiger partial charge in [-0.25, -0.2) is 4.39 Å². The third-order valence-electron chi connectivity index (χ3n) is 7.18. The molecule has 3 unspecified atom stereocenters. The minimum Gasteiger partial charge on any atom is -0.370 e. The number of carbonyl (C=O) groups excluding carboxylic acids is 1. The molecule has 1 amide bonds. The minimum atomic E-state index is -4.96. The average molecular weight is 547 g/mol. The van der Waals surface area contributed by atoms with Crippen LogP contribution in [0.25, 0.3) is 0 Å². The SMILES string of the molecule is C[C@H](OC1CCC(N(C)CC(=O)NC2CC2)C1c1ccc(F)cc1)c1cc(C(F)(F)F)cc(C(F)(F)F)c1. The number of alkyl halides is 6. The van der Waals surface area contributed by atoms with Crippen LogP contribution in [0.4, 0.5) is 30.7 Å². The van der Waals surface area contributed by atoms with Gasteiger partial charge in [-0.2, -0.15) is 26.3 Å². The normalized spacial score (nSPS) is 23.1. The Kier molecular flexibility index (Phi) is 8.09. The summed E-state index contributed by atoms with van der Waals surface area (Å²) < 4.78 is 100. The quantitative estimate of drug-likeness (QED) is 0.386. The van der Waals surface area contributed by atoms with Gasteiger partial charge in [0.2, 0.25) is 5.91 Å². The van der Waals surface area contributed by atoms with Gasteiger partial charge in [-0.1, -0.05) is 12.1 Å². The van der Waals surface area contributed by atoms with Crippen LogP contribution in [-0.4, -0.2) is 42.6 Å². The summed E-state index contributed by atoms with van der Waals surface area (Å²) in [5.41, 5.74) is -2.34. The molecule has 0 aliphatic heterocycles. The Labute approximate surface area is 216 Å². The molecule has 2 saturated carbocycles. The highest BCUT2D eigenvalue weighted by atomic mass is 19.4. The van der Waals surface area contributed by atoms with Crippen molar-refractivity contribution in [3.8, 4) is 0 Å². The summed E-state index contributed by atoms with van der Waals surface area (Å²) in [5, 5.41) is 2.92. The number of amides is 1. The topological polar surface area (TPSA) is 41.6 Å². The van der Waals surface area contributed by atoms with Crippen molar-refractivity contribution in [1.29, 1.82) is 0 Å². The fourth-order valence-electron chi connectivity index (χ4n) is 5.11. The molecule has 4 nitrogen and oxygen atoms in total. The van der Waals surface area contributed by atoms with E-state index in [1.54, 1.807) is 19.2 Å². The Morgan fingerprint density at radius 1 is 0.974 bits per heavy atom. The van der Waals surface area contributed by atoms with Gasteiger partial charge in [0.15, 0.2) is 0 Å². The maximum Gasteiger partial charge on any atom is 0.416 e. The molecule has 208 valence electrons. The number of nitrogens with one attached hydrogen (secondary N) is 1. The Bertz CT molecular complexity index is 1100. The lowest BCUT2D eigenvalue weighted by Gasteiger charge is -2.33. The van der Waals surface area contributed by atoms with E-state index in [0.29, 0.717) is 30.5 Å². The average Bonchev–Trinajstić information content (AvgIpc) is 3.54. The smallest absolute Gasteiger partial charge is 0.370 e. The van der Waals surface area contributed by atoms with Crippen LogP contribution in [0.15, 0.2) is 42.5 Å². The summed E-state index contributed by atoms with van der Waals surface area (Å²) >= 11 is 0. The first kappa shape index (κ1) is 28.4. The molecule has 0 bridgehead atoms. The number of halogens is 7. The van der Waals surface area contributed by atoms with Crippen LogP contribution >= 0.6 is 0 Å². The van der Waals surface area contributed by atoms with Crippen LogP contribution in [0.3, 0.4) is 0 Å². The largest absolute Gasteiger partial charge is 0.416 e. The molecule has 1 N–H and O–H groups in total. The molecule has 0 heterocycles. The number of carbonyl (C=O) groups is 1. The van der Waals surface area contributed by atoms with Gasteiger partial charge in [-0.15, -0.1) is 0 Å². The van der Waals surface area contributed by atoms with E-state index in [-0.39, 0.29) is 42.1 Å². The Morgan fingerprint density at radius 2 is 1.55 bits per heavy atom. The first-order chi connectivity index (χ1) is 17.7. The predicted molar refractivity (Wildman–Crippen MR) is 126 cm³/mol. The number of ether oxygens (including phenoxy) is 1. The molecular formula is C27H29F7N2O2. The summed E-state index contributed by atoms with van der Waals surface area (Å²) in [4.78, 5) is 14.3. The van der Waals surface area contributed by atoms with Crippen LogP contribution in [-0.2, 0) is 21.9 Å².